The summed E-state index contributed by atoms with van der Waals surface area (Å²) >= 11 is 0. The number of nitrogens with zero attached hydrogens (tertiary/aromatic N) is 1. The van der Waals surface area contributed by atoms with Gasteiger partial charge in [-0.05, 0) is 47.9 Å². The largest absolute Gasteiger partial charge is 0.506 e. The standard InChI is InChI=1S/C30H27F6NO4/c31-29(32,33)21-13-18(14-22(15-21)30(34,35)36)17-40-27-23-11-12-37(16-24(23)41-28(38)39)26(27)25(19-7-3-1-4-8-19)20-9-5-2-6-10-20/h1-10,13-15,23-27H,11-12,16-17H2,(H,38,39)/t23-,24-,26+,27+/m1/s1. The number of hydrogen-bond acceptors (Lipinski definition) is 4. The van der Waals surface area contributed by atoms with E-state index in [0.717, 1.165) is 11.1 Å². The minimum atomic E-state index is -4.99. The van der Waals surface area contributed by atoms with Crippen LogP contribution in [0.3, 0.4) is 0 Å². The highest BCUT2D eigenvalue weighted by molar-refractivity contribution is 5.57. The Balaban J connectivity index is 1.54. The fraction of sp³-hybridized carbons (Fsp3) is 0.367. The molecule has 3 aliphatic rings. The van der Waals surface area contributed by atoms with E-state index < -0.39 is 54.4 Å². The summed E-state index contributed by atoms with van der Waals surface area (Å²) in [5.74, 6) is -0.730. The number of carboxylic acid groups (broad SMARTS) is 1. The van der Waals surface area contributed by atoms with Crippen LogP contribution in [0.15, 0.2) is 78.9 Å². The number of rotatable bonds is 7. The number of fused-ring (bicyclic) bond motifs is 3. The quantitative estimate of drug-likeness (QED) is 0.237. The van der Waals surface area contributed by atoms with E-state index in [1.54, 1.807) is 0 Å². The van der Waals surface area contributed by atoms with Gasteiger partial charge in [-0.2, -0.15) is 26.3 Å². The zero-order valence-electron chi connectivity index (χ0n) is 21.6. The number of halogens is 6. The van der Waals surface area contributed by atoms with Crippen molar-refractivity contribution in [2.45, 2.75) is 49.5 Å². The second kappa shape index (κ2) is 11.4. The summed E-state index contributed by atoms with van der Waals surface area (Å²) in [6, 6.07) is 20.1. The summed E-state index contributed by atoms with van der Waals surface area (Å²) in [6.45, 7) is 0.362. The Kier molecular flexibility index (Phi) is 8.02. The van der Waals surface area contributed by atoms with Gasteiger partial charge in [-0.3, -0.25) is 4.90 Å². The van der Waals surface area contributed by atoms with E-state index in [9.17, 15) is 36.2 Å². The average molecular weight is 580 g/mol. The maximum absolute atomic E-state index is 13.5. The number of benzene rings is 3. The summed E-state index contributed by atoms with van der Waals surface area (Å²) in [5.41, 5.74) is -1.24. The van der Waals surface area contributed by atoms with Crippen LogP contribution in [0.25, 0.3) is 0 Å². The van der Waals surface area contributed by atoms with E-state index in [0.29, 0.717) is 31.6 Å². The summed E-state index contributed by atoms with van der Waals surface area (Å²) in [7, 11) is 0. The van der Waals surface area contributed by atoms with E-state index in [1.165, 1.54) is 0 Å². The first-order valence-corrected chi connectivity index (χ1v) is 13.1. The number of ether oxygens (including phenoxy) is 2. The lowest BCUT2D eigenvalue weighted by Crippen LogP contribution is -2.66. The van der Waals surface area contributed by atoms with E-state index in [1.807, 2.05) is 60.7 Å². The molecule has 2 bridgehead atoms. The lowest BCUT2D eigenvalue weighted by atomic mass is 9.70. The van der Waals surface area contributed by atoms with Crippen molar-refractivity contribution < 1.29 is 45.7 Å². The Morgan fingerprint density at radius 1 is 0.878 bits per heavy atom. The molecule has 5 atom stereocenters. The molecule has 3 aliphatic heterocycles. The third-order valence-electron chi connectivity index (χ3n) is 7.82. The Hall–Kier alpha value is -3.57. The van der Waals surface area contributed by atoms with Crippen LogP contribution in [-0.4, -0.2) is 47.5 Å². The molecule has 0 aromatic heterocycles. The molecule has 3 aromatic rings. The van der Waals surface area contributed by atoms with Crippen molar-refractivity contribution in [2.75, 3.05) is 13.1 Å². The van der Waals surface area contributed by atoms with Gasteiger partial charge in [-0.1, -0.05) is 60.7 Å². The maximum atomic E-state index is 13.5. The smallest absolute Gasteiger partial charge is 0.450 e. The molecule has 1 N–H and O–H groups in total. The van der Waals surface area contributed by atoms with Crippen LogP contribution < -0.4 is 0 Å². The van der Waals surface area contributed by atoms with E-state index in [-0.39, 0.29) is 23.6 Å². The van der Waals surface area contributed by atoms with Crippen molar-refractivity contribution in [3.05, 3.63) is 107 Å². The van der Waals surface area contributed by atoms with Gasteiger partial charge in [0.25, 0.3) is 0 Å². The molecule has 0 amide bonds. The maximum Gasteiger partial charge on any atom is 0.506 e. The predicted molar refractivity (Wildman–Crippen MR) is 136 cm³/mol. The van der Waals surface area contributed by atoms with Gasteiger partial charge in [-0.15, -0.1) is 0 Å². The molecule has 3 heterocycles. The molecule has 0 saturated carbocycles. The van der Waals surface area contributed by atoms with Crippen LogP contribution in [0.4, 0.5) is 31.1 Å². The monoisotopic (exact) mass is 579 g/mol. The van der Waals surface area contributed by atoms with Crippen LogP contribution in [-0.2, 0) is 28.4 Å². The second-order valence-electron chi connectivity index (χ2n) is 10.3. The Morgan fingerprint density at radius 3 is 1.90 bits per heavy atom. The van der Waals surface area contributed by atoms with Crippen molar-refractivity contribution in [3.8, 4) is 0 Å². The second-order valence-corrected chi connectivity index (χ2v) is 10.3. The van der Waals surface area contributed by atoms with Crippen LogP contribution in [0, 0.1) is 5.92 Å². The molecule has 1 unspecified atom stereocenters. The molecule has 3 aromatic carbocycles. The van der Waals surface area contributed by atoms with Gasteiger partial charge < -0.3 is 14.6 Å². The number of alkyl halides is 6. The number of piperidine rings is 3. The molecule has 11 heteroatoms. The van der Waals surface area contributed by atoms with Crippen LogP contribution >= 0.6 is 0 Å². The molecule has 6 rings (SSSR count). The van der Waals surface area contributed by atoms with Gasteiger partial charge >= 0.3 is 18.5 Å². The van der Waals surface area contributed by atoms with E-state index >= 15 is 0 Å². The first-order valence-electron chi connectivity index (χ1n) is 13.1. The highest BCUT2D eigenvalue weighted by atomic mass is 19.4. The van der Waals surface area contributed by atoms with E-state index in [2.05, 4.69) is 4.90 Å². The molecule has 5 nitrogen and oxygen atoms in total. The van der Waals surface area contributed by atoms with Crippen LogP contribution in [0.2, 0.25) is 0 Å². The third kappa shape index (κ3) is 6.36. The summed E-state index contributed by atoms with van der Waals surface area (Å²) in [6.07, 6.45) is -12.5. The van der Waals surface area contributed by atoms with Gasteiger partial charge in [0, 0.05) is 24.4 Å². The average Bonchev–Trinajstić information content (AvgIpc) is 2.93. The first-order chi connectivity index (χ1) is 19.4. The highest BCUT2D eigenvalue weighted by Gasteiger charge is 2.53. The number of hydrogen-bond donors (Lipinski definition) is 1. The van der Waals surface area contributed by atoms with Crippen molar-refractivity contribution >= 4 is 6.16 Å². The number of carbonyl (C=O) groups is 1. The predicted octanol–water partition coefficient (Wildman–Crippen LogP) is 7.21. The molecule has 218 valence electrons. The Bertz CT molecular complexity index is 1280. The third-order valence-corrected chi connectivity index (χ3v) is 7.82. The summed E-state index contributed by atoms with van der Waals surface area (Å²) in [4.78, 5) is 13.5. The van der Waals surface area contributed by atoms with Gasteiger partial charge in [0.15, 0.2) is 0 Å². The molecular weight excluding hydrogens is 552 g/mol. The molecular formula is C30H27F6NO4. The van der Waals surface area contributed by atoms with Crippen molar-refractivity contribution in [1.29, 1.82) is 0 Å². The fourth-order valence-electron chi connectivity index (χ4n) is 6.15. The minimum Gasteiger partial charge on any atom is -0.450 e. The molecule has 0 spiro atoms. The summed E-state index contributed by atoms with van der Waals surface area (Å²) < 4.78 is 92.3. The fourth-order valence-corrected chi connectivity index (χ4v) is 6.15. The molecule has 3 fully saturated rings. The van der Waals surface area contributed by atoms with Gasteiger partial charge in [0.05, 0.1) is 23.8 Å². The molecule has 3 saturated heterocycles. The zero-order chi connectivity index (χ0) is 29.4. The lowest BCUT2D eigenvalue weighted by Gasteiger charge is -2.55. The van der Waals surface area contributed by atoms with Crippen LogP contribution in [0.1, 0.15) is 40.2 Å². The first kappa shape index (κ1) is 28.9. The topological polar surface area (TPSA) is 59.0 Å². The molecule has 0 radical (unpaired) electrons. The van der Waals surface area contributed by atoms with Crippen molar-refractivity contribution in [2.24, 2.45) is 5.92 Å². The van der Waals surface area contributed by atoms with Crippen LogP contribution in [0.5, 0.6) is 0 Å². The van der Waals surface area contributed by atoms with E-state index in [4.69, 9.17) is 9.47 Å². The summed E-state index contributed by atoms with van der Waals surface area (Å²) in [5, 5.41) is 9.34. The van der Waals surface area contributed by atoms with Gasteiger partial charge in [0.1, 0.15) is 6.10 Å². The zero-order valence-corrected chi connectivity index (χ0v) is 21.6. The normalized spacial score (nSPS) is 24.4. The Morgan fingerprint density at radius 2 is 1.41 bits per heavy atom. The van der Waals surface area contributed by atoms with Crippen molar-refractivity contribution in [3.63, 3.8) is 0 Å². The lowest BCUT2D eigenvalue weighted by molar-refractivity contribution is -0.169. The highest BCUT2D eigenvalue weighted by Crippen LogP contribution is 2.45. The molecule has 0 aliphatic carbocycles. The van der Waals surface area contributed by atoms with Crippen molar-refractivity contribution in [1.82, 2.24) is 4.90 Å². The SMILES string of the molecule is O=C(O)O[C@@H]1CN2CC[C@H]1[C@H](OCc1cc(C(F)(F)F)cc(C(F)(F)F)c1)[C@@H]2C(c1ccccc1)c1ccccc1. The molecule has 41 heavy (non-hydrogen) atoms. The van der Waals surface area contributed by atoms with Gasteiger partial charge in [-0.25, -0.2) is 4.79 Å². The van der Waals surface area contributed by atoms with Gasteiger partial charge in [0.2, 0.25) is 0 Å². The minimum absolute atomic E-state index is 0.0815. The Labute approximate surface area is 232 Å².